The van der Waals surface area contributed by atoms with Gasteiger partial charge in [-0.25, -0.2) is 0 Å². The first-order valence-corrected chi connectivity index (χ1v) is 5.76. The molecule has 0 radical (unpaired) electrons. The largest absolute Gasteiger partial charge is 0.352 e. The van der Waals surface area contributed by atoms with Gasteiger partial charge in [-0.1, -0.05) is 24.8 Å². The zero-order valence-electron chi connectivity index (χ0n) is 10.3. The van der Waals surface area contributed by atoms with Crippen molar-refractivity contribution in [2.75, 3.05) is 13.1 Å². The van der Waals surface area contributed by atoms with Crippen LogP contribution < -0.4 is 11.1 Å². The van der Waals surface area contributed by atoms with Crippen LogP contribution in [0.25, 0.3) is 0 Å². The summed E-state index contributed by atoms with van der Waals surface area (Å²) in [6.45, 7) is 4.96. The average Bonchev–Trinajstić information content (AvgIpc) is 2.35. The number of aryl methyl sites for hydroxylation is 1. The van der Waals surface area contributed by atoms with Gasteiger partial charge in [0, 0.05) is 17.7 Å². The number of carbonyl (C=O) groups excluding carboxylic acids is 1. The number of rotatable bonds is 3. The van der Waals surface area contributed by atoms with Gasteiger partial charge >= 0.3 is 0 Å². The van der Waals surface area contributed by atoms with E-state index in [0.29, 0.717) is 18.7 Å². The summed E-state index contributed by atoms with van der Waals surface area (Å²) in [5.41, 5.74) is 7.78. The summed E-state index contributed by atoms with van der Waals surface area (Å²) in [5, 5.41) is 2.86. The first-order valence-electron chi connectivity index (χ1n) is 5.76. The highest BCUT2D eigenvalue weighted by atomic mass is 16.1. The maximum absolute atomic E-state index is 11.9. The molecule has 0 bridgehead atoms. The molecule has 1 aromatic rings. The van der Waals surface area contributed by atoms with Crippen LogP contribution in [0.1, 0.15) is 34.8 Å². The first-order chi connectivity index (χ1) is 8.19. The molecule has 0 aliphatic carbocycles. The number of nitrogens with one attached hydrogen (secondary N) is 1. The van der Waals surface area contributed by atoms with Crippen molar-refractivity contribution < 1.29 is 4.79 Å². The molecule has 3 N–H and O–H groups in total. The highest BCUT2D eigenvalue weighted by molar-refractivity contribution is 5.95. The van der Waals surface area contributed by atoms with Crippen LogP contribution >= 0.6 is 0 Å². The molecule has 0 aliphatic rings. The molecule has 1 rings (SSSR count). The van der Waals surface area contributed by atoms with Gasteiger partial charge in [0.15, 0.2) is 0 Å². The van der Waals surface area contributed by atoms with Crippen molar-refractivity contribution >= 4 is 5.91 Å². The van der Waals surface area contributed by atoms with Crippen LogP contribution in [0.5, 0.6) is 0 Å². The third-order valence-electron chi connectivity index (χ3n) is 2.35. The van der Waals surface area contributed by atoms with Crippen molar-refractivity contribution in [1.82, 2.24) is 5.32 Å². The van der Waals surface area contributed by atoms with E-state index in [4.69, 9.17) is 5.73 Å². The Labute approximate surface area is 102 Å². The highest BCUT2D eigenvalue weighted by Gasteiger charge is 2.08. The molecule has 0 saturated heterocycles. The van der Waals surface area contributed by atoms with Gasteiger partial charge in [0.2, 0.25) is 0 Å². The van der Waals surface area contributed by atoms with E-state index < -0.39 is 0 Å². The zero-order chi connectivity index (χ0) is 12.7. The Morgan fingerprint density at radius 2 is 2.24 bits per heavy atom. The van der Waals surface area contributed by atoms with Crippen LogP contribution in [0.3, 0.4) is 0 Å². The lowest BCUT2D eigenvalue weighted by atomic mass is 10.0. The Hall–Kier alpha value is -1.79. The fourth-order valence-electron chi connectivity index (χ4n) is 1.43. The molecule has 0 spiro atoms. The minimum atomic E-state index is -0.0410. The Bertz CT molecular complexity index is 455. The van der Waals surface area contributed by atoms with E-state index in [0.717, 1.165) is 17.5 Å². The Kier molecular flexibility index (Phi) is 5.25. The second-order valence-corrected chi connectivity index (χ2v) is 3.79. The lowest BCUT2D eigenvalue weighted by Crippen LogP contribution is -2.24. The summed E-state index contributed by atoms with van der Waals surface area (Å²) in [6.07, 6.45) is 0.928. The molecule has 0 aromatic heterocycles. The smallest absolute Gasteiger partial charge is 0.251 e. The van der Waals surface area contributed by atoms with Crippen molar-refractivity contribution in [3.63, 3.8) is 0 Å². The van der Waals surface area contributed by atoms with Gasteiger partial charge in [0.05, 0.1) is 6.54 Å². The number of nitrogens with two attached hydrogens (primary N) is 1. The molecule has 3 nitrogen and oxygen atoms in total. The summed E-state index contributed by atoms with van der Waals surface area (Å²) in [6, 6.07) is 5.61. The number of amides is 1. The zero-order valence-corrected chi connectivity index (χ0v) is 10.3. The Morgan fingerprint density at radius 3 is 2.88 bits per heavy atom. The van der Waals surface area contributed by atoms with E-state index in [-0.39, 0.29) is 5.91 Å². The molecule has 0 heterocycles. The van der Waals surface area contributed by atoms with E-state index in [9.17, 15) is 4.79 Å². The van der Waals surface area contributed by atoms with Crippen LogP contribution in [-0.4, -0.2) is 19.0 Å². The summed E-state index contributed by atoms with van der Waals surface area (Å²) < 4.78 is 0. The molecule has 0 aliphatic heterocycles. The molecule has 90 valence electrons. The maximum Gasteiger partial charge on any atom is 0.251 e. The Morgan fingerprint density at radius 1 is 1.47 bits per heavy atom. The second-order valence-electron chi connectivity index (χ2n) is 3.79. The predicted octanol–water partition coefficient (Wildman–Crippen LogP) is 1.45. The fourth-order valence-corrected chi connectivity index (χ4v) is 1.43. The van der Waals surface area contributed by atoms with Gasteiger partial charge in [-0.2, -0.15) is 0 Å². The van der Waals surface area contributed by atoms with Crippen molar-refractivity contribution in [1.29, 1.82) is 0 Å². The summed E-state index contributed by atoms with van der Waals surface area (Å²) >= 11 is 0. The molecule has 0 saturated carbocycles. The fraction of sp³-hybridized carbons (Fsp3) is 0.357. The second kappa shape index (κ2) is 6.72. The molecule has 1 amide bonds. The quantitative estimate of drug-likeness (QED) is 0.772. The third kappa shape index (κ3) is 3.93. The standard InChI is InChI=1S/C14H18N2O/c1-3-9-16-14(17)13-10-12(5-4-8-15)7-6-11(13)2/h6-7,10H,3,8-9,15H2,1-2H3,(H,16,17). The van der Waals surface area contributed by atoms with Gasteiger partial charge in [-0.15, -0.1) is 0 Å². The van der Waals surface area contributed by atoms with Crippen LogP contribution in [0.4, 0.5) is 0 Å². The first kappa shape index (κ1) is 13.3. The van der Waals surface area contributed by atoms with E-state index in [1.54, 1.807) is 0 Å². The number of benzene rings is 1. The third-order valence-corrected chi connectivity index (χ3v) is 2.35. The van der Waals surface area contributed by atoms with Crippen molar-refractivity contribution in [2.45, 2.75) is 20.3 Å². The average molecular weight is 230 g/mol. The highest BCUT2D eigenvalue weighted by Crippen LogP contribution is 2.10. The molecule has 0 fully saturated rings. The van der Waals surface area contributed by atoms with Gasteiger partial charge in [0.1, 0.15) is 0 Å². The van der Waals surface area contributed by atoms with Crippen LogP contribution in [-0.2, 0) is 0 Å². The minimum Gasteiger partial charge on any atom is -0.352 e. The molecule has 1 aromatic carbocycles. The molecule has 17 heavy (non-hydrogen) atoms. The van der Waals surface area contributed by atoms with E-state index in [1.807, 2.05) is 32.0 Å². The van der Waals surface area contributed by atoms with E-state index in [1.165, 1.54) is 0 Å². The normalized spacial score (nSPS) is 9.35. The molecular formula is C14H18N2O. The summed E-state index contributed by atoms with van der Waals surface area (Å²) in [4.78, 5) is 11.9. The van der Waals surface area contributed by atoms with Crippen LogP contribution in [0, 0.1) is 18.8 Å². The Balaban J connectivity index is 2.93. The monoisotopic (exact) mass is 230 g/mol. The lowest BCUT2D eigenvalue weighted by molar-refractivity contribution is 0.0953. The summed E-state index contributed by atoms with van der Waals surface area (Å²) in [7, 11) is 0. The van der Waals surface area contributed by atoms with Crippen LogP contribution in [0.15, 0.2) is 18.2 Å². The number of carbonyl (C=O) groups is 1. The van der Waals surface area contributed by atoms with Crippen molar-refractivity contribution in [2.24, 2.45) is 5.73 Å². The molecule has 0 atom stereocenters. The van der Waals surface area contributed by atoms with Gasteiger partial charge < -0.3 is 11.1 Å². The molecule has 3 heteroatoms. The molecule has 0 unspecified atom stereocenters. The SMILES string of the molecule is CCCNC(=O)c1cc(C#CCN)ccc1C. The van der Waals surface area contributed by atoms with Gasteiger partial charge in [-0.3, -0.25) is 4.79 Å². The maximum atomic E-state index is 11.9. The van der Waals surface area contributed by atoms with E-state index in [2.05, 4.69) is 17.2 Å². The van der Waals surface area contributed by atoms with Gasteiger partial charge in [0.25, 0.3) is 5.91 Å². The van der Waals surface area contributed by atoms with Crippen molar-refractivity contribution in [3.8, 4) is 11.8 Å². The minimum absolute atomic E-state index is 0.0410. The predicted molar refractivity (Wildman–Crippen MR) is 69.7 cm³/mol. The number of hydrogen-bond acceptors (Lipinski definition) is 2. The molecular weight excluding hydrogens is 212 g/mol. The topological polar surface area (TPSA) is 55.1 Å². The van der Waals surface area contributed by atoms with Gasteiger partial charge in [-0.05, 0) is 31.0 Å². The van der Waals surface area contributed by atoms with Crippen molar-refractivity contribution in [3.05, 3.63) is 34.9 Å². The van der Waals surface area contributed by atoms with E-state index >= 15 is 0 Å². The lowest BCUT2D eigenvalue weighted by Gasteiger charge is -2.07. The summed E-state index contributed by atoms with van der Waals surface area (Å²) in [5.74, 6) is 5.67. The number of hydrogen-bond donors (Lipinski definition) is 2. The van der Waals surface area contributed by atoms with Crippen LogP contribution in [0.2, 0.25) is 0 Å².